The van der Waals surface area contributed by atoms with E-state index in [2.05, 4.69) is 15.9 Å². The van der Waals surface area contributed by atoms with Crippen LogP contribution in [0.15, 0.2) is 45.7 Å². The van der Waals surface area contributed by atoms with Crippen molar-refractivity contribution in [1.29, 1.82) is 0 Å². The van der Waals surface area contributed by atoms with Crippen molar-refractivity contribution in [2.24, 2.45) is 5.73 Å². The van der Waals surface area contributed by atoms with E-state index in [4.69, 9.17) is 14.9 Å². The summed E-state index contributed by atoms with van der Waals surface area (Å²) in [6.45, 7) is 2.58. The highest BCUT2D eigenvalue weighted by Crippen LogP contribution is 2.32. The van der Waals surface area contributed by atoms with Crippen molar-refractivity contribution in [3.05, 3.63) is 52.4 Å². The summed E-state index contributed by atoms with van der Waals surface area (Å²) in [5.74, 6) is 0.815. The van der Waals surface area contributed by atoms with Gasteiger partial charge < -0.3 is 14.9 Å². The van der Waals surface area contributed by atoms with Gasteiger partial charge in [0.2, 0.25) is 0 Å². The molecule has 90 valence electrons. The van der Waals surface area contributed by atoms with Crippen LogP contribution in [0, 0.1) is 0 Å². The second-order valence-corrected chi connectivity index (χ2v) is 4.32. The largest absolute Gasteiger partial charge is 0.494 e. The Labute approximate surface area is 109 Å². The van der Waals surface area contributed by atoms with Gasteiger partial charge in [-0.05, 0) is 35.0 Å². The lowest BCUT2D eigenvalue weighted by Gasteiger charge is -2.15. The maximum absolute atomic E-state index is 6.22. The molecule has 0 radical (unpaired) electrons. The average molecular weight is 296 g/mol. The summed E-state index contributed by atoms with van der Waals surface area (Å²) >= 11 is 3.34. The Balaban J connectivity index is 2.37. The summed E-state index contributed by atoms with van der Waals surface area (Å²) in [5.41, 5.74) is 8.09. The molecule has 0 aliphatic rings. The number of hydrogen-bond donors (Lipinski definition) is 1. The third kappa shape index (κ3) is 2.53. The summed E-state index contributed by atoms with van der Waals surface area (Å²) in [6, 6.07) is 9.38. The fraction of sp³-hybridized carbons (Fsp3) is 0.231. The number of para-hydroxylation sites is 1. The van der Waals surface area contributed by atoms with Crippen LogP contribution in [0.3, 0.4) is 0 Å². The molecule has 1 aromatic carbocycles. The molecule has 1 aromatic heterocycles. The van der Waals surface area contributed by atoms with E-state index in [9.17, 15) is 0 Å². The van der Waals surface area contributed by atoms with Crippen molar-refractivity contribution in [3.8, 4) is 5.75 Å². The molecule has 3 nitrogen and oxygen atoms in total. The van der Waals surface area contributed by atoms with Crippen LogP contribution in [0.4, 0.5) is 0 Å². The number of nitrogens with two attached hydrogens (primary N) is 1. The molecule has 0 saturated carbocycles. The fourth-order valence-electron chi connectivity index (χ4n) is 1.72. The number of ether oxygens (including phenoxy) is 1. The third-order valence-electron chi connectivity index (χ3n) is 2.54. The monoisotopic (exact) mass is 295 g/mol. The van der Waals surface area contributed by atoms with Crippen LogP contribution in [0.5, 0.6) is 5.75 Å². The highest BCUT2D eigenvalue weighted by molar-refractivity contribution is 9.10. The molecule has 17 heavy (non-hydrogen) atoms. The minimum atomic E-state index is -0.258. The van der Waals surface area contributed by atoms with Gasteiger partial charge in [0.1, 0.15) is 5.75 Å². The minimum Gasteiger partial charge on any atom is -0.494 e. The van der Waals surface area contributed by atoms with Gasteiger partial charge in [0.05, 0.1) is 18.9 Å². The molecule has 0 bridgehead atoms. The van der Waals surface area contributed by atoms with Crippen LogP contribution in [0.1, 0.15) is 24.1 Å². The molecule has 0 amide bonds. The summed E-state index contributed by atoms with van der Waals surface area (Å²) in [6.07, 6.45) is 1.61. The zero-order valence-corrected chi connectivity index (χ0v) is 11.1. The van der Waals surface area contributed by atoms with Crippen molar-refractivity contribution in [2.45, 2.75) is 13.0 Å². The van der Waals surface area contributed by atoms with Gasteiger partial charge in [0.25, 0.3) is 0 Å². The van der Waals surface area contributed by atoms with E-state index in [1.54, 1.807) is 6.26 Å². The molecule has 1 heterocycles. The van der Waals surface area contributed by atoms with Gasteiger partial charge in [-0.2, -0.15) is 0 Å². The summed E-state index contributed by atoms with van der Waals surface area (Å²) in [7, 11) is 0. The first kappa shape index (κ1) is 12.2. The lowest BCUT2D eigenvalue weighted by atomic mass is 10.0. The Hall–Kier alpha value is -1.26. The van der Waals surface area contributed by atoms with E-state index < -0.39 is 0 Å². The van der Waals surface area contributed by atoms with E-state index in [0.29, 0.717) is 11.3 Å². The van der Waals surface area contributed by atoms with Crippen LogP contribution in [0.25, 0.3) is 0 Å². The standard InChI is InChI=1S/C13H14BrNO2/c1-2-16-11-6-4-3-5-9(11)12(15)10-7-8-17-13(10)14/h3-8,12H,2,15H2,1H3. The highest BCUT2D eigenvalue weighted by atomic mass is 79.9. The Morgan fingerprint density at radius 3 is 2.71 bits per heavy atom. The summed E-state index contributed by atoms with van der Waals surface area (Å²) in [5, 5.41) is 0. The van der Waals surface area contributed by atoms with Gasteiger partial charge in [-0.1, -0.05) is 18.2 Å². The molecule has 1 atom stereocenters. The van der Waals surface area contributed by atoms with Crippen molar-refractivity contribution < 1.29 is 9.15 Å². The zero-order chi connectivity index (χ0) is 12.3. The van der Waals surface area contributed by atoms with E-state index in [1.807, 2.05) is 37.3 Å². The molecule has 2 N–H and O–H groups in total. The minimum absolute atomic E-state index is 0.258. The summed E-state index contributed by atoms with van der Waals surface area (Å²) in [4.78, 5) is 0. The van der Waals surface area contributed by atoms with Gasteiger partial charge in [-0.25, -0.2) is 0 Å². The Morgan fingerprint density at radius 2 is 2.06 bits per heavy atom. The van der Waals surface area contributed by atoms with Gasteiger partial charge >= 0.3 is 0 Å². The normalized spacial score (nSPS) is 12.4. The van der Waals surface area contributed by atoms with Crippen LogP contribution in [-0.2, 0) is 0 Å². The lowest BCUT2D eigenvalue weighted by Crippen LogP contribution is -2.13. The lowest BCUT2D eigenvalue weighted by molar-refractivity contribution is 0.335. The fourth-order valence-corrected chi connectivity index (χ4v) is 2.21. The van der Waals surface area contributed by atoms with Gasteiger partial charge in [0.15, 0.2) is 4.67 Å². The van der Waals surface area contributed by atoms with Crippen molar-refractivity contribution >= 4 is 15.9 Å². The average Bonchev–Trinajstić information content (AvgIpc) is 2.76. The van der Waals surface area contributed by atoms with E-state index in [0.717, 1.165) is 16.9 Å². The molecule has 2 rings (SSSR count). The molecule has 1 unspecified atom stereocenters. The molecule has 0 saturated heterocycles. The van der Waals surface area contributed by atoms with Crippen molar-refractivity contribution in [1.82, 2.24) is 0 Å². The molecule has 4 heteroatoms. The highest BCUT2D eigenvalue weighted by Gasteiger charge is 2.17. The van der Waals surface area contributed by atoms with Gasteiger partial charge in [-0.3, -0.25) is 0 Å². The number of rotatable bonds is 4. The topological polar surface area (TPSA) is 48.4 Å². The number of benzene rings is 1. The van der Waals surface area contributed by atoms with Crippen molar-refractivity contribution in [2.75, 3.05) is 6.61 Å². The Morgan fingerprint density at radius 1 is 1.29 bits per heavy atom. The molecular formula is C13H14BrNO2. The molecule has 0 aliphatic heterocycles. The predicted molar refractivity (Wildman–Crippen MR) is 70.0 cm³/mol. The van der Waals surface area contributed by atoms with Crippen LogP contribution in [-0.4, -0.2) is 6.61 Å². The van der Waals surface area contributed by atoms with Crippen LogP contribution in [0.2, 0.25) is 0 Å². The second kappa shape index (κ2) is 5.38. The number of hydrogen-bond acceptors (Lipinski definition) is 3. The van der Waals surface area contributed by atoms with Crippen molar-refractivity contribution in [3.63, 3.8) is 0 Å². The number of halogens is 1. The van der Waals surface area contributed by atoms with Gasteiger partial charge in [-0.15, -0.1) is 0 Å². The van der Waals surface area contributed by atoms with E-state index in [-0.39, 0.29) is 6.04 Å². The number of furan rings is 1. The third-order valence-corrected chi connectivity index (χ3v) is 3.18. The first-order chi connectivity index (χ1) is 8.24. The molecule has 0 fully saturated rings. The smallest absolute Gasteiger partial charge is 0.174 e. The van der Waals surface area contributed by atoms with E-state index >= 15 is 0 Å². The van der Waals surface area contributed by atoms with Crippen LogP contribution < -0.4 is 10.5 Å². The van der Waals surface area contributed by atoms with E-state index in [1.165, 1.54) is 0 Å². The first-order valence-electron chi connectivity index (χ1n) is 5.44. The summed E-state index contributed by atoms with van der Waals surface area (Å²) < 4.78 is 11.4. The SMILES string of the molecule is CCOc1ccccc1C(N)c1ccoc1Br. The second-order valence-electron chi connectivity index (χ2n) is 3.60. The maximum atomic E-state index is 6.22. The zero-order valence-electron chi connectivity index (χ0n) is 9.52. The molecule has 0 spiro atoms. The van der Waals surface area contributed by atoms with Crippen LogP contribution >= 0.6 is 15.9 Å². The molecule has 0 aliphatic carbocycles. The molecular weight excluding hydrogens is 282 g/mol. The first-order valence-corrected chi connectivity index (χ1v) is 6.23. The van der Waals surface area contributed by atoms with Gasteiger partial charge in [0, 0.05) is 11.1 Å². The molecule has 2 aromatic rings. The predicted octanol–water partition coefficient (Wildman–Crippen LogP) is 3.49. The Kier molecular flexibility index (Phi) is 3.86. The Bertz CT molecular complexity index is 496. The quantitative estimate of drug-likeness (QED) is 0.939. The maximum Gasteiger partial charge on any atom is 0.174 e.